The van der Waals surface area contributed by atoms with Crippen LogP contribution < -0.4 is 5.73 Å². The van der Waals surface area contributed by atoms with Crippen molar-refractivity contribution in [2.75, 3.05) is 5.73 Å². The summed E-state index contributed by atoms with van der Waals surface area (Å²) in [6.45, 7) is 2.16. The van der Waals surface area contributed by atoms with Gasteiger partial charge in [0.05, 0.1) is 5.69 Å². The molecule has 2 N–H and O–H groups in total. The van der Waals surface area contributed by atoms with E-state index in [0.29, 0.717) is 0 Å². The normalized spacial score (nSPS) is 10.7. The van der Waals surface area contributed by atoms with Crippen LogP contribution in [0.2, 0.25) is 0 Å². The third-order valence-electron chi connectivity index (χ3n) is 3.30. The molecule has 0 aliphatic rings. The minimum Gasteiger partial charge on any atom is -0.399 e. The summed E-state index contributed by atoms with van der Waals surface area (Å²) in [5.74, 6) is 0. The molecule has 20 heavy (non-hydrogen) atoms. The third-order valence-corrected chi connectivity index (χ3v) is 4.19. The highest BCUT2D eigenvalue weighted by atomic mass is 32.1. The van der Waals surface area contributed by atoms with E-state index in [1.807, 2.05) is 24.3 Å². The van der Waals surface area contributed by atoms with Crippen LogP contribution in [0.1, 0.15) is 12.5 Å². The van der Waals surface area contributed by atoms with E-state index in [0.717, 1.165) is 33.9 Å². The maximum atomic E-state index is 5.82. The smallest absolute Gasteiger partial charge is 0.124 e. The van der Waals surface area contributed by atoms with Crippen molar-refractivity contribution in [1.82, 2.24) is 4.98 Å². The molecular formula is C17H16N2S. The van der Waals surface area contributed by atoms with Crippen LogP contribution in [0.25, 0.3) is 21.8 Å². The first-order chi connectivity index (χ1) is 9.76. The van der Waals surface area contributed by atoms with Crippen molar-refractivity contribution in [2.24, 2.45) is 0 Å². The van der Waals surface area contributed by atoms with Crippen LogP contribution in [0.3, 0.4) is 0 Å². The molecule has 2 nitrogen and oxygen atoms in total. The number of anilines is 1. The topological polar surface area (TPSA) is 38.9 Å². The Morgan fingerprint density at radius 3 is 2.55 bits per heavy atom. The largest absolute Gasteiger partial charge is 0.399 e. The minimum absolute atomic E-state index is 0.770. The molecule has 0 amide bonds. The highest BCUT2D eigenvalue weighted by Gasteiger charge is 2.06. The lowest BCUT2D eigenvalue weighted by molar-refractivity contribution is 1.14. The van der Waals surface area contributed by atoms with Gasteiger partial charge in [0.2, 0.25) is 0 Å². The van der Waals surface area contributed by atoms with Gasteiger partial charge in [0.1, 0.15) is 5.01 Å². The molecule has 0 fully saturated rings. The van der Waals surface area contributed by atoms with Gasteiger partial charge in [-0.3, -0.25) is 0 Å². The molecule has 3 aromatic rings. The molecule has 1 heterocycles. The zero-order valence-corrected chi connectivity index (χ0v) is 12.2. The number of aryl methyl sites for hydroxylation is 1. The molecule has 0 aliphatic heterocycles. The summed E-state index contributed by atoms with van der Waals surface area (Å²) in [5.41, 5.74) is 11.2. The number of nitrogen functional groups attached to an aromatic ring is 1. The second-order valence-electron chi connectivity index (χ2n) is 4.71. The van der Waals surface area contributed by atoms with Crippen LogP contribution >= 0.6 is 11.3 Å². The van der Waals surface area contributed by atoms with Gasteiger partial charge >= 0.3 is 0 Å². The summed E-state index contributed by atoms with van der Waals surface area (Å²) in [6.07, 6.45) is 1.06. The zero-order valence-electron chi connectivity index (χ0n) is 11.3. The number of hydrogen-bond acceptors (Lipinski definition) is 3. The Hall–Kier alpha value is -2.13. The Balaban J connectivity index is 1.93. The maximum Gasteiger partial charge on any atom is 0.124 e. The van der Waals surface area contributed by atoms with E-state index in [2.05, 4.69) is 36.6 Å². The number of nitrogens with two attached hydrogens (primary N) is 1. The van der Waals surface area contributed by atoms with Crippen LogP contribution in [-0.4, -0.2) is 4.98 Å². The maximum absolute atomic E-state index is 5.82. The molecule has 1 aromatic heterocycles. The first-order valence-electron chi connectivity index (χ1n) is 6.67. The van der Waals surface area contributed by atoms with Crippen molar-refractivity contribution >= 4 is 17.0 Å². The molecule has 3 heteroatoms. The fraction of sp³-hybridized carbons (Fsp3) is 0.118. The highest BCUT2D eigenvalue weighted by molar-refractivity contribution is 7.13. The second kappa shape index (κ2) is 5.47. The van der Waals surface area contributed by atoms with E-state index in [-0.39, 0.29) is 0 Å². The molecular weight excluding hydrogens is 264 g/mol. The lowest BCUT2D eigenvalue weighted by Crippen LogP contribution is -1.85. The van der Waals surface area contributed by atoms with Gasteiger partial charge in [-0.15, -0.1) is 11.3 Å². The molecule has 0 spiro atoms. The molecule has 0 radical (unpaired) electrons. The third kappa shape index (κ3) is 2.58. The van der Waals surface area contributed by atoms with Crippen molar-refractivity contribution < 1.29 is 0 Å². The highest BCUT2D eigenvalue weighted by Crippen LogP contribution is 2.29. The van der Waals surface area contributed by atoms with Crippen LogP contribution in [-0.2, 0) is 6.42 Å². The van der Waals surface area contributed by atoms with Gasteiger partial charge in [0, 0.05) is 22.2 Å². The van der Waals surface area contributed by atoms with Gasteiger partial charge in [-0.1, -0.05) is 43.3 Å². The summed E-state index contributed by atoms with van der Waals surface area (Å²) in [5, 5.41) is 3.10. The number of thiazole rings is 1. The molecule has 100 valence electrons. The lowest BCUT2D eigenvalue weighted by atomic mass is 10.1. The van der Waals surface area contributed by atoms with E-state index in [1.54, 1.807) is 11.3 Å². The SMILES string of the molecule is CCc1ccc(-c2csc(-c3cccc(N)c3)n2)cc1. The molecule has 0 unspecified atom stereocenters. The minimum atomic E-state index is 0.770. The van der Waals surface area contributed by atoms with Crippen molar-refractivity contribution in [3.05, 3.63) is 59.5 Å². The van der Waals surface area contributed by atoms with Gasteiger partial charge < -0.3 is 5.73 Å². The Bertz CT molecular complexity index is 714. The van der Waals surface area contributed by atoms with Gasteiger partial charge in [-0.25, -0.2) is 4.98 Å². The van der Waals surface area contributed by atoms with Crippen molar-refractivity contribution in [1.29, 1.82) is 0 Å². The number of nitrogens with zero attached hydrogens (tertiary/aromatic N) is 1. The fourth-order valence-corrected chi connectivity index (χ4v) is 2.95. The predicted molar refractivity (Wildman–Crippen MR) is 86.8 cm³/mol. The summed E-state index contributed by atoms with van der Waals surface area (Å²) >= 11 is 1.65. The van der Waals surface area contributed by atoms with Crippen LogP contribution in [0.15, 0.2) is 53.9 Å². The summed E-state index contributed by atoms with van der Waals surface area (Å²) < 4.78 is 0. The molecule has 0 aliphatic carbocycles. The standard InChI is InChI=1S/C17H16N2S/c1-2-12-6-8-13(9-7-12)16-11-20-17(19-16)14-4-3-5-15(18)10-14/h3-11H,2,18H2,1H3. The van der Waals surface area contributed by atoms with E-state index in [9.17, 15) is 0 Å². The fourth-order valence-electron chi connectivity index (χ4n) is 2.12. The first-order valence-corrected chi connectivity index (χ1v) is 7.55. The average Bonchev–Trinajstić information content (AvgIpc) is 2.97. The molecule has 0 bridgehead atoms. The van der Waals surface area contributed by atoms with Crippen LogP contribution in [0, 0.1) is 0 Å². The van der Waals surface area contributed by atoms with Crippen molar-refractivity contribution in [3.63, 3.8) is 0 Å². The molecule has 0 atom stereocenters. The quantitative estimate of drug-likeness (QED) is 0.711. The molecule has 0 saturated heterocycles. The Kier molecular flexibility index (Phi) is 3.52. The molecule has 0 saturated carbocycles. The monoisotopic (exact) mass is 280 g/mol. The molecule has 3 rings (SSSR count). The summed E-state index contributed by atoms with van der Waals surface area (Å²) in [4.78, 5) is 4.71. The number of aromatic nitrogens is 1. The lowest BCUT2D eigenvalue weighted by Gasteiger charge is -2.00. The van der Waals surface area contributed by atoms with Gasteiger partial charge in [-0.2, -0.15) is 0 Å². The number of rotatable bonds is 3. The van der Waals surface area contributed by atoms with Crippen molar-refractivity contribution in [2.45, 2.75) is 13.3 Å². The van der Waals surface area contributed by atoms with Crippen molar-refractivity contribution in [3.8, 4) is 21.8 Å². The zero-order chi connectivity index (χ0) is 13.9. The number of hydrogen-bond donors (Lipinski definition) is 1. The Morgan fingerprint density at radius 2 is 1.85 bits per heavy atom. The van der Waals surface area contributed by atoms with Gasteiger partial charge in [-0.05, 0) is 24.1 Å². The second-order valence-corrected chi connectivity index (χ2v) is 5.57. The van der Waals surface area contributed by atoms with Crippen LogP contribution in [0.5, 0.6) is 0 Å². The predicted octanol–water partition coefficient (Wildman–Crippen LogP) is 4.62. The van der Waals surface area contributed by atoms with E-state index in [1.165, 1.54) is 5.56 Å². The first kappa shape index (κ1) is 12.9. The van der Waals surface area contributed by atoms with Crippen LogP contribution in [0.4, 0.5) is 5.69 Å². The summed E-state index contributed by atoms with van der Waals surface area (Å²) in [6, 6.07) is 16.4. The van der Waals surface area contributed by atoms with E-state index < -0.39 is 0 Å². The number of benzene rings is 2. The van der Waals surface area contributed by atoms with E-state index >= 15 is 0 Å². The average molecular weight is 280 g/mol. The van der Waals surface area contributed by atoms with E-state index in [4.69, 9.17) is 10.7 Å². The summed E-state index contributed by atoms with van der Waals surface area (Å²) in [7, 11) is 0. The van der Waals surface area contributed by atoms with Gasteiger partial charge in [0.15, 0.2) is 0 Å². The Labute approximate surface area is 122 Å². The van der Waals surface area contributed by atoms with Gasteiger partial charge in [0.25, 0.3) is 0 Å². The Morgan fingerprint density at radius 1 is 1.05 bits per heavy atom. The molecule has 2 aromatic carbocycles.